The number of halogens is 2. The Hall–Kier alpha value is -0.350. The first kappa shape index (κ1) is 13.1. The van der Waals surface area contributed by atoms with Gasteiger partial charge in [-0.25, -0.2) is 4.98 Å². The molecule has 1 unspecified atom stereocenters. The number of nitrogens with zero attached hydrogens (tertiary/aromatic N) is 2. The normalized spacial score (nSPS) is 21.1. The van der Waals surface area contributed by atoms with Crippen LogP contribution < -0.4 is 0 Å². The highest BCUT2D eigenvalue weighted by Gasteiger charge is 2.25. The summed E-state index contributed by atoms with van der Waals surface area (Å²) in [5, 5.41) is 10.4. The molecule has 94 valence electrons. The molecule has 1 fully saturated rings. The summed E-state index contributed by atoms with van der Waals surface area (Å²) in [6.07, 6.45) is 2.14. The smallest absolute Gasteiger partial charge is 0.135 e. The third-order valence-corrected chi connectivity index (χ3v) is 3.87. The predicted molar refractivity (Wildman–Crippen MR) is 69.5 cm³/mol. The molecule has 17 heavy (non-hydrogen) atoms. The molecule has 1 saturated heterocycles. The zero-order chi connectivity index (χ0) is 12.4. The van der Waals surface area contributed by atoms with E-state index in [1.807, 2.05) is 13.0 Å². The quantitative estimate of drug-likeness (QED) is 0.861. The van der Waals surface area contributed by atoms with Crippen LogP contribution in [0.1, 0.15) is 24.1 Å². The Labute approximate surface area is 111 Å². The van der Waals surface area contributed by atoms with Gasteiger partial charge in [-0.2, -0.15) is 0 Å². The van der Waals surface area contributed by atoms with Crippen molar-refractivity contribution in [2.45, 2.75) is 32.4 Å². The topological polar surface area (TPSA) is 36.4 Å². The minimum Gasteiger partial charge on any atom is -0.395 e. The van der Waals surface area contributed by atoms with Gasteiger partial charge >= 0.3 is 0 Å². The number of pyridine rings is 1. The Balaban J connectivity index is 2.18. The maximum atomic E-state index is 9.27. The highest BCUT2D eigenvalue weighted by molar-refractivity contribution is 6.35. The Kier molecular flexibility index (Phi) is 4.26. The van der Waals surface area contributed by atoms with E-state index in [1.54, 1.807) is 0 Å². The molecule has 3 nitrogen and oxygen atoms in total. The second-order valence-electron chi connectivity index (χ2n) is 4.46. The molecule has 5 heteroatoms. The third kappa shape index (κ3) is 2.91. The van der Waals surface area contributed by atoms with Crippen molar-refractivity contribution in [1.82, 2.24) is 9.88 Å². The first-order valence-corrected chi connectivity index (χ1v) is 6.54. The molecule has 0 bridgehead atoms. The maximum absolute atomic E-state index is 9.27. The van der Waals surface area contributed by atoms with Crippen LogP contribution in [0.5, 0.6) is 0 Å². The molecule has 1 aromatic rings. The number of aliphatic hydroxyl groups excluding tert-OH is 1. The Morgan fingerprint density at radius 2 is 2.29 bits per heavy atom. The summed E-state index contributed by atoms with van der Waals surface area (Å²) >= 11 is 12.3. The number of aliphatic hydroxyl groups is 1. The van der Waals surface area contributed by atoms with E-state index < -0.39 is 0 Å². The van der Waals surface area contributed by atoms with E-state index in [2.05, 4.69) is 9.88 Å². The van der Waals surface area contributed by atoms with E-state index in [0.717, 1.165) is 30.6 Å². The van der Waals surface area contributed by atoms with Gasteiger partial charge in [0, 0.05) is 28.9 Å². The Morgan fingerprint density at radius 3 is 2.94 bits per heavy atom. The van der Waals surface area contributed by atoms with Crippen molar-refractivity contribution in [3.8, 4) is 0 Å². The first-order valence-electron chi connectivity index (χ1n) is 5.78. The van der Waals surface area contributed by atoms with Crippen LogP contribution >= 0.6 is 23.2 Å². The zero-order valence-corrected chi connectivity index (χ0v) is 11.3. The summed E-state index contributed by atoms with van der Waals surface area (Å²) in [6, 6.07) is 2.05. The second-order valence-corrected chi connectivity index (χ2v) is 5.23. The van der Waals surface area contributed by atoms with Gasteiger partial charge in [0.25, 0.3) is 0 Å². The summed E-state index contributed by atoms with van der Waals surface area (Å²) < 4.78 is 0. The van der Waals surface area contributed by atoms with Crippen molar-refractivity contribution in [3.63, 3.8) is 0 Å². The fourth-order valence-electron chi connectivity index (χ4n) is 2.28. The summed E-state index contributed by atoms with van der Waals surface area (Å²) in [5.41, 5.74) is 1.68. The van der Waals surface area contributed by atoms with Crippen LogP contribution in [-0.2, 0) is 6.54 Å². The first-order chi connectivity index (χ1) is 8.11. The van der Waals surface area contributed by atoms with E-state index in [9.17, 15) is 5.11 Å². The highest BCUT2D eigenvalue weighted by Crippen LogP contribution is 2.28. The Morgan fingerprint density at radius 1 is 1.53 bits per heavy atom. The molecule has 1 atom stereocenters. The molecule has 1 aromatic heterocycles. The maximum Gasteiger partial charge on any atom is 0.135 e. The van der Waals surface area contributed by atoms with Crippen molar-refractivity contribution in [1.29, 1.82) is 0 Å². The predicted octanol–water partition coefficient (Wildman–Crippen LogP) is 2.65. The van der Waals surface area contributed by atoms with E-state index in [0.29, 0.717) is 16.7 Å². The highest BCUT2D eigenvalue weighted by atomic mass is 35.5. The van der Waals surface area contributed by atoms with Gasteiger partial charge in [-0.3, -0.25) is 4.90 Å². The molecule has 2 rings (SSSR count). The van der Waals surface area contributed by atoms with Crippen LogP contribution in [0.3, 0.4) is 0 Å². The molecule has 0 amide bonds. The molecule has 0 spiro atoms. The van der Waals surface area contributed by atoms with Gasteiger partial charge in [-0.15, -0.1) is 0 Å². The molecule has 0 aromatic carbocycles. The number of aryl methyl sites for hydroxylation is 1. The van der Waals surface area contributed by atoms with Crippen LogP contribution in [0.2, 0.25) is 10.2 Å². The molecule has 2 heterocycles. The lowest BCUT2D eigenvalue weighted by Gasteiger charge is -2.23. The van der Waals surface area contributed by atoms with Crippen molar-refractivity contribution in [2.75, 3.05) is 13.2 Å². The monoisotopic (exact) mass is 274 g/mol. The van der Waals surface area contributed by atoms with E-state index in [4.69, 9.17) is 23.2 Å². The van der Waals surface area contributed by atoms with Gasteiger partial charge in [0.05, 0.1) is 6.61 Å². The molecule has 1 aliphatic rings. The van der Waals surface area contributed by atoms with Crippen molar-refractivity contribution < 1.29 is 5.11 Å². The molecule has 1 aliphatic heterocycles. The second kappa shape index (κ2) is 5.53. The van der Waals surface area contributed by atoms with Gasteiger partial charge in [0.2, 0.25) is 0 Å². The van der Waals surface area contributed by atoms with Crippen LogP contribution in [0.4, 0.5) is 0 Å². The van der Waals surface area contributed by atoms with Gasteiger partial charge in [-0.1, -0.05) is 23.2 Å². The van der Waals surface area contributed by atoms with E-state index in [1.165, 1.54) is 0 Å². The van der Waals surface area contributed by atoms with E-state index >= 15 is 0 Å². The van der Waals surface area contributed by atoms with Crippen molar-refractivity contribution >= 4 is 23.2 Å². The minimum atomic E-state index is 0.189. The van der Waals surface area contributed by atoms with Crippen molar-refractivity contribution in [3.05, 3.63) is 27.5 Å². The zero-order valence-electron chi connectivity index (χ0n) is 9.79. The lowest BCUT2D eigenvalue weighted by Crippen LogP contribution is -2.31. The number of hydrogen-bond acceptors (Lipinski definition) is 3. The van der Waals surface area contributed by atoms with E-state index in [-0.39, 0.29) is 12.6 Å². The number of rotatable bonds is 3. The number of likely N-dealkylation sites (tertiary alicyclic amines) is 1. The average Bonchev–Trinajstić information content (AvgIpc) is 2.70. The fraction of sp³-hybridized carbons (Fsp3) is 0.583. The van der Waals surface area contributed by atoms with Gasteiger partial charge in [0.1, 0.15) is 5.15 Å². The van der Waals surface area contributed by atoms with Crippen LogP contribution in [-0.4, -0.2) is 34.2 Å². The summed E-state index contributed by atoms with van der Waals surface area (Å²) in [4.78, 5) is 6.43. The molecule has 0 radical (unpaired) electrons. The molecule has 0 aliphatic carbocycles. The number of aromatic nitrogens is 1. The fourth-order valence-corrected chi connectivity index (χ4v) is 2.93. The van der Waals surface area contributed by atoms with Gasteiger partial charge < -0.3 is 5.11 Å². The molecule has 0 saturated carbocycles. The standard InChI is InChI=1S/C12H16Cl2N2O/c1-8-5-11(13)10(12(14)15-8)6-16-4-2-3-9(16)7-17/h5,9,17H,2-4,6-7H2,1H3. The van der Waals surface area contributed by atoms with Crippen LogP contribution in [0.15, 0.2) is 6.07 Å². The summed E-state index contributed by atoms with van der Waals surface area (Å²) in [7, 11) is 0. The van der Waals surface area contributed by atoms with Crippen LogP contribution in [0.25, 0.3) is 0 Å². The summed E-state index contributed by atoms with van der Waals surface area (Å²) in [5.74, 6) is 0. The van der Waals surface area contributed by atoms with Gasteiger partial charge in [0.15, 0.2) is 0 Å². The largest absolute Gasteiger partial charge is 0.395 e. The lowest BCUT2D eigenvalue weighted by molar-refractivity contribution is 0.153. The SMILES string of the molecule is Cc1cc(Cl)c(CN2CCCC2CO)c(Cl)n1. The van der Waals surface area contributed by atoms with Crippen LogP contribution in [0, 0.1) is 6.92 Å². The van der Waals surface area contributed by atoms with Crippen molar-refractivity contribution in [2.24, 2.45) is 0 Å². The number of hydrogen-bond donors (Lipinski definition) is 1. The average molecular weight is 275 g/mol. The van der Waals surface area contributed by atoms with Gasteiger partial charge in [-0.05, 0) is 32.4 Å². The minimum absolute atomic E-state index is 0.189. The Bertz CT molecular complexity index is 388. The molecular formula is C12H16Cl2N2O. The summed E-state index contributed by atoms with van der Waals surface area (Å²) in [6.45, 7) is 3.70. The molecule has 1 N–H and O–H groups in total. The molecular weight excluding hydrogens is 259 g/mol. The lowest BCUT2D eigenvalue weighted by atomic mass is 10.2. The third-order valence-electron chi connectivity index (χ3n) is 3.22.